The van der Waals surface area contributed by atoms with Crippen molar-refractivity contribution in [2.24, 2.45) is 0 Å². The van der Waals surface area contributed by atoms with Crippen LogP contribution in [0.4, 0.5) is 5.69 Å². The highest BCUT2D eigenvalue weighted by Gasteiger charge is 2.33. The van der Waals surface area contributed by atoms with Crippen molar-refractivity contribution in [3.05, 3.63) is 59.9 Å². The Morgan fingerprint density at radius 1 is 1.29 bits per heavy atom. The number of hydrogen-bond donors (Lipinski definition) is 2. The number of rotatable bonds is 2. The van der Waals surface area contributed by atoms with Crippen LogP contribution in [0.3, 0.4) is 0 Å². The number of hydrazine groups is 1. The molecular formula is C15H14N4O2. The third-order valence-electron chi connectivity index (χ3n) is 3.20. The van der Waals surface area contributed by atoms with Gasteiger partial charge in [-0.05, 0) is 18.2 Å². The molecule has 21 heavy (non-hydrogen) atoms. The summed E-state index contributed by atoms with van der Waals surface area (Å²) in [7, 11) is 0. The predicted molar refractivity (Wildman–Crippen MR) is 77.0 cm³/mol. The summed E-state index contributed by atoms with van der Waals surface area (Å²) in [5, 5.41) is 4.54. The number of aromatic nitrogens is 1. The topological polar surface area (TPSA) is 74.3 Å². The van der Waals surface area contributed by atoms with Crippen LogP contribution in [0.1, 0.15) is 29.0 Å². The first-order valence-electron chi connectivity index (χ1n) is 6.53. The van der Waals surface area contributed by atoms with Gasteiger partial charge < -0.3 is 5.32 Å². The van der Waals surface area contributed by atoms with Gasteiger partial charge in [-0.25, -0.2) is 5.01 Å². The predicted octanol–water partition coefficient (Wildman–Crippen LogP) is 1.70. The number of nitrogens with zero attached hydrogens (tertiary/aromatic N) is 2. The summed E-state index contributed by atoms with van der Waals surface area (Å²) < 4.78 is 0. The van der Waals surface area contributed by atoms with E-state index in [-0.39, 0.29) is 11.8 Å². The number of fused-ring (bicyclic) bond motifs is 1. The summed E-state index contributed by atoms with van der Waals surface area (Å²) >= 11 is 0. The quantitative estimate of drug-likeness (QED) is 0.879. The normalized spacial score (nSPS) is 16.9. The van der Waals surface area contributed by atoms with Crippen molar-refractivity contribution in [2.75, 3.05) is 5.32 Å². The molecule has 0 saturated carbocycles. The van der Waals surface area contributed by atoms with Crippen LogP contribution in [0.25, 0.3) is 0 Å². The fraction of sp³-hybridized carbons (Fsp3) is 0.133. The van der Waals surface area contributed by atoms with E-state index in [2.05, 4.69) is 15.7 Å². The van der Waals surface area contributed by atoms with E-state index in [0.717, 1.165) is 11.3 Å². The fourth-order valence-electron chi connectivity index (χ4n) is 2.31. The first-order valence-corrected chi connectivity index (χ1v) is 6.53. The second-order valence-electron chi connectivity index (χ2n) is 4.72. The van der Waals surface area contributed by atoms with Crippen molar-refractivity contribution in [2.45, 2.75) is 13.1 Å². The van der Waals surface area contributed by atoms with E-state index in [1.807, 2.05) is 18.2 Å². The lowest BCUT2D eigenvalue weighted by Gasteiger charge is -2.37. The van der Waals surface area contributed by atoms with E-state index in [1.165, 1.54) is 11.9 Å². The van der Waals surface area contributed by atoms with Crippen LogP contribution in [0.15, 0.2) is 48.8 Å². The van der Waals surface area contributed by atoms with Gasteiger partial charge in [0, 0.05) is 30.6 Å². The fourth-order valence-corrected chi connectivity index (χ4v) is 2.31. The van der Waals surface area contributed by atoms with Gasteiger partial charge in [-0.15, -0.1) is 0 Å². The molecule has 0 fully saturated rings. The summed E-state index contributed by atoms with van der Waals surface area (Å²) in [6.45, 7) is 1.37. The minimum atomic E-state index is -0.495. The number of nitrogens with one attached hydrogen (secondary N) is 2. The maximum Gasteiger partial charge on any atom is 0.276 e. The standard InChI is InChI=1S/C15H14N4O2/c1-10(20)18-19-14(11-5-4-8-16-9-11)17-13-7-3-2-6-12(13)15(19)21/h2-9,14,17H,1H3,(H,18,20). The number of benzene rings is 1. The van der Waals surface area contributed by atoms with Gasteiger partial charge in [-0.1, -0.05) is 18.2 Å². The Morgan fingerprint density at radius 3 is 2.81 bits per heavy atom. The van der Waals surface area contributed by atoms with Crippen molar-refractivity contribution in [3.63, 3.8) is 0 Å². The molecule has 1 aromatic heterocycles. The molecule has 3 rings (SSSR count). The van der Waals surface area contributed by atoms with Crippen LogP contribution in [-0.4, -0.2) is 21.8 Å². The molecule has 106 valence electrons. The van der Waals surface area contributed by atoms with E-state index in [1.54, 1.807) is 30.6 Å². The maximum atomic E-state index is 12.6. The lowest BCUT2D eigenvalue weighted by atomic mass is 10.1. The average molecular weight is 282 g/mol. The zero-order valence-electron chi connectivity index (χ0n) is 11.4. The Bertz CT molecular complexity index is 687. The Hall–Kier alpha value is -2.89. The van der Waals surface area contributed by atoms with Gasteiger partial charge in [0.05, 0.1) is 5.56 Å². The van der Waals surface area contributed by atoms with Gasteiger partial charge in [0.15, 0.2) is 0 Å². The van der Waals surface area contributed by atoms with Crippen molar-refractivity contribution >= 4 is 17.5 Å². The monoisotopic (exact) mass is 282 g/mol. The molecule has 2 aromatic rings. The van der Waals surface area contributed by atoms with E-state index >= 15 is 0 Å². The summed E-state index contributed by atoms with van der Waals surface area (Å²) in [5.74, 6) is -0.563. The largest absolute Gasteiger partial charge is 0.359 e. The lowest BCUT2D eigenvalue weighted by molar-refractivity contribution is -0.123. The molecule has 0 radical (unpaired) electrons. The van der Waals surface area contributed by atoms with Crippen molar-refractivity contribution < 1.29 is 9.59 Å². The number of carbonyl (C=O) groups is 2. The van der Waals surface area contributed by atoms with Crippen LogP contribution in [0.2, 0.25) is 0 Å². The van der Waals surface area contributed by atoms with Gasteiger partial charge in [0.2, 0.25) is 5.91 Å². The highest BCUT2D eigenvalue weighted by Crippen LogP contribution is 2.31. The van der Waals surface area contributed by atoms with Gasteiger partial charge in [-0.2, -0.15) is 0 Å². The number of pyridine rings is 1. The van der Waals surface area contributed by atoms with Gasteiger partial charge in [0.25, 0.3) is 5.91 Å². The summed E-state index contributed by atoms with van der Waals surface area (Å²) in [6.07, 6.45) is 2.82. The SMILES string of the molecule is CC(=O)NN1C(=O)c2ccccc2NC1c1cccnc1. The molecule has 1 atom stereocenters. The first-order chi connectivity index (χ1) is 10.2. The van der Waals surface area contributed by atoms with Crippen molar-refractivity contribution in [1.29, 1.82) is 0 Å². The third-order valence-corrected chi connectivity index (χ3v) is 3.20. The van der Waals surface area contributed by atoms with Gasteiger partial charge in [-0.3, -0.25) is 20.0 Å². The smallest absolute Gasteiger partial charge is 0.276 e. The minimum absolute atomic E-state index is 0.256. The highest BCUT2D eigenvalue weighted by atomic mass is 16.2. The van der Waals surface area contributed by atoms with E-state index in [0.29, 0.717) is 5.56 Å². The number of carbonyl (C=O) groups excluding carboxylic acids is 2. The van der Waals surface area contributed by atoms with E-state index in [4.69, 9.17) is 0 Å². The second-order valence-corrected chi connectivity index (χ2v) is 4.72. The Balaban J connectivity index is 2.05. The number of hydrogen-bond acceptors (Lipinski definition) is 4. The van der Waals surface area contributed by atoms with Crippen LogP contribution in [0.5, 0.6) is 0 Å². The Labute approximate surface area is 121 Å². The summed E-state index contributed by atoms with van der Waals surface area (Å²) in [4.78, 5) is 28.0. The minimum Gasteiger partial charge on any atom is -0.359 e. The zero-order valence-corrected chi connectivity index (χ0v) is 11.4. The molecule has 1 unspecified atom stereocenters. The molecule has 1 aliphatic heterocycles. The van der Waals surface area contributed by atoms with E-state index in [9.17, 15) is 9.59 Å². The molecule has 1 aliphatic rings. The van der Waals surface area contributed by atoms with Crippen LogP contribution in [-0.2, 0) is 4.79 Å². The molecule has 2 amide bonds. The van der Waals surface area contributed by atoms with Gasteiger partial charge in [0.1, 0.15) is 6.17 Å². The molecule has 0 spiro atoms. The second kappa shape index (κ2) is 5.24. The maximum absolute atomic E-state index is 12.6. The average Bonchev–Trinajstić information content (AvgIpc) is 2.50. The Morgan fingerprint density at radius 2 is 2.10 bits per heavy atom. The molecule has 0 bridgehead atoms. The number of anilines is 1. The first kappa shape index (κ1) is 13.1. The van der Waals surface area contributed by atoms with E-state index < -0.39 is 6.17 Å². The number of amides is 2. The number of para-hydroxylation sites is 1. The van der Waals surface area contributed by atoms with Crippen LogP contribution in [0, 0.1) is 0 Å². The molecule has 0 aliphatic carbocycles. The molecule has 0 saturated heterocycles. The summed E-state index contributed by atoms with van der Waals surface area (Å²) in [5.41, 5.74) is 4.62. The van der Waals surface area contributed by atoms with Crippen molar-refractivity contribution in [3.8, 4) is 0 Å². The molecular weight excluding hydrogens is 268 g/mol. The molecule has 6 heteroatoms. The van der Waals surface area contributed by atoms with Crippen LogP contribution < -0.4 is 10.7 Å². The molecule has 2 N–H and O–H groups in total. The summed E-state index contributed by atoms with van der Waals surface area (Å²) in [6, 6.07) is 10.8. The molecule has 2 heterocycles. The highest BCUT2D eigenvalue weighted by molar-refractivity contribution is 6.02. The lowest BCUT2D eigenvalue weighted by Crippen LogP contribution is -2.52. The van der Waals surface area contributed by atoms with Crippen molar-refractivity contribution in [1.82, 2.24) is 15.4 Å². The zero-order chi connectivity index (χ0) is 14.8. The molecule has 1 aromatic carbocycles. The third kappa shape index (κ3) is 2.43. The molecule has 6 nitrogen and oxygen atoms in total. The Kier molecular flexibility index (Phi) is 3.27. The van der Waals surface area contributed by atoms with Crippen LogP contribution >= 0.6 is 0 Å². The van der Waals surface area contributed by atoms with Gasteiger partial charge >= 0.3 is 0 Å².